The third-order valence-corrected chi connectivity index (χ3v) is 3.80. The monoisotopic (exact) mass is 320 g/mol. The number of pyridine rings is 1. The second kappa shape index (κ2) is 7.56. The molecule has 0 aliphatic carbocycles. The second-order valence-electron chi connectivity index (χ2n) is 5.44. The van der Waals surface area contributed by atoms with Gasteiger partial charge in [0.05, 0.1) is 11.1 Å². The number of halogens is 1. The van der Waals surface area contributed by atoms with Gasteiger partial charge in [0, 0.05) is 25.6 Å². The predicted molar refractivity (Wildman–Crippen MR) is 89.7 cm³/mol. The third-order valence-electron chi connectivity index (χ3n) is 3.51. The van der Waals surface area contributed by atoms with Crippen LogP contribution in [0.25, 0.3) is 10.9 Å². The number of nitrogens with one attached hydrogen (secondary N) is 1. The van der Waals surface area contributed by atoms with Crippen LogP contribution in [0.15, 0.2) is 18.2 Å². The highest BCUT2D eigenvalue weighted by Crippen LogP contribution is 2.24. The Balaban J connectivity index is 2.17. The number of hydrogen-bond donors (Lipinski definition) is 1. The Labute approximate surface area is 135 Å². The van der Waals surface area contributed by atoms with Crippen LogP contribution in [0.2, 0.25) is 5.15 Å². The first-order valence-corrected chi connectivity index (χ1v) is 7.75. The highest BCUT2D eigenvalue weighted by molar-refractivity contribution is 6.33. The number of ether oxygens (including phenoxy) is 1. The molecule has 0 saturated heterocycles. The average molecular weight is 321 g/mol. The van der Waals surface area contributed by atoms with Crippen molar-refractivity contribution < 1.29 is 9.53 Å². The van der Waals surface area contributed by atoms with Crippen LogP contribution in [-0.4, -0.2) is 31.2 Å². The molecule has 2 aromatic rings. The van der Waals surface area contributed by atoms with Gasteiger partial charge in [-0.1, -0.05) is 23.2 Å². The molecule has 0 atom stereocenters. The van der Waals surface area contributed by atoms with Crippen LogP contribution < -0.4 is 5.32 Å². The molecule has 0 unspecified atom stereocenters. The number of aromatic nitrogens is 1. The van der Waals surface area contributed by atoms with Crippen LogP contribution in [-0.2, 0) is 4.74 Å². The summed E-state index contributed by atoms with van der Waals surface area (Å²) in [4.78, 5) is 16.6. The van der Waals surface area contributed by atoms with E-state index < -0.39 is 0 Å². The van der Waals surface area contributed by atoms with Gasteiger partial charge in [0.15, 0.2) is 0 Å². The number of unbranched alkanes of at least 4 members (excludes halogenated alkanes) is 1. The van der Waals surface area contributed by atoms with Crippen molar-refractivity contribution in [1.29, 1.82) is 0 Å². The summed E-state index contributed by atoms with van der Waals surface area (Å²) >= 11 is 6.18. The number of amides is 1. The van der Waals surface area contributed by atoms with Gasteiger partial charge in [-0.15, -0.1) is 0 Å². The van der Waals surface area contributed by atoms with Crippen LogP contribution in [0.5, 0.6) is 0 Å². The maximum Gasteiger partial charge on any atom is 0.254 e. The van der Waals surface area contributed by atoms with E-state index in [9.17, 15) is 4.79 Å². The number of methoxy groups -OCH3 is 1. The number of benzene rings is 1. The average Bonchev–Trinajstić information content (AvgIpc) is 2.47. The molecular formula is C17H21ClN2O2. The Morgan fingerprint density at radius 3 is 2.77 bits per heavy atom. The number of carbonyl (C=O) groups is 1. The van der Waals surface area contributed by atoms with Gasteiger partial charge in [-0.3, -0.25) is 4.79 Å². The molecule has 1 amide bonds. The lowest BCUT2D eigenvalue weighted by Gasteiger charge is -2.09. The van der Waals surface area contributed by atoms with Gasteiger partial charge in [0.25, 0.3) is 5.91 Å². The van der Waals surface area contributed by atoms with Crippen LogP contribution in [0.1, 0.15) is 34.3 Å². The first kappa shape index (κ1) is 16.7. The molecule has 0 radical (unpaired) electrons. The molecule has 0 aliphatic rings. The number of rotatable bonds is 6. The number of nitrogens with zero attached hydrogens (tertiary/aromatic N) is 1. The van der Waals surface area contributed by atoms with E-state index in [1.165, 1.54) is 0 Å². The summed E-state index contributed by atoms with van der Waals surface area (Å²) in [5.41, 5.74) is 3.46. The van der Waals surface area contributed by atoms with Crippen molar-refractivity contribution in [2.75, 3.05) is 20.3 Å². The van der Waals surface area contributed by atoms with Crippen molar-refractivity contribution >= 4 is 28.4 Å². The fraction of sp³-hybridized carbons (Fsp3) is 0.412. The summed E-state index contributed by atoms with van der Waals surface area (Å²) in [5, 5.41) is 4.05. The molecule has 22 heavy (non-hydrogen) atoms. The molecule has 1 aromatic carbocycles. The van der Waals surface area contributed by atoms with E-state index in [-0.39, 0.29) is 11.1 Å². The van der Waals surface area contributed by atoms with Gasteiger partial charge in [0.1, 0.15) is 5.15 Å². The topological polar surface area (TPSA) is 51.2 Å². The predicted octanol–water partition coefficient (Wildman–Crippen LogP) is 3.66. The largest absolute Gasteiger partial charge is 0.385 e. The van der Waals surface area contributed by atoms with E-state index in [0.717, 1.165) is 34.9 Å². The molecule has 5 heteroatoms. The fourth-order valence-corrected chi connectivity index (χ4v) is 2.68. The Morgan fingerprint density at radius 1 is 1.27 bits per heavy atom. The van der Waals surface area contributed by atoms with E-state index in [2.05, 4.69) is 16.4 Å². The molecule has 0 bridgehead atoms. The fourth-order valence-electron chi connectivity index (χ4n) is 2.46. The summed E-state index contributed by atoms with van der Waals surface area (Å²) in [7, 11) is 1.67. The minimum Gasteiger partial charge on any atom is -0.385 e. The highest BCUT2D eigenvalue weighted by Gasteiger charge is 2.13. The second-order valence-corrected chi connectivity index (χ2v) is 5.79. The smallest absolute Gasteiger partial charge is 0.254 e. The minimum absolute atomic E-state index is 0.184. The zero-order valence-corrected chi connectivity index (χ0v) is 14.0. The molecular weight excluding hydrogens is 300 g/mol. The molecule has 0 saturated carbocycles. The lowest BCUT2D eigenvalue weighted by molar-refractivity contribution is 0.0951. The Morgan fingerprint density at radius 2 is 2.05 bits per heavy atom. The molecule has 118 valence electrons. The van der Waals surface area contributed by atoms with Crippen molar-refractivity contribution in [1.82, 2.24) is 10.3 Å². The van der Waals surface area contributed by atoms with Crippen molar-refractivity contribution in [3.05, 3.63) is 40.0 Å². The van der Waals surface area contributed by atoms with Gasteiger partial charge in [-0.05, 0) is 44.4 Å². The van der Waals surface area contributed by atoms with Gasteiger partial charge in [0.2, 0.25) is 0 Å². The van der Waals surface area contributed by atoms with E-state index in [0.29, 0.717) is 18.7 Å². The van der Waals surface area contributed by atoms with Crippen LogP contribution in [0.4, 0.5) is 0 Å². The standard InChI is InChI=1S/C17H21ClN2O2/c1-11-8-12(2)15-13(9-11)10-14(16(18)20-15)17(21)19-6-4-5-7-22-3/h8-10H,4-7H2,1-3H3,(H,19,21). The molecule has 1 aromatic heterocycles. The first-order chi connectivity index (χ1) is 10.5. The van der Waals surface area contributed by atoms with Crippen LogP contribution in [0.3, 0.4) is 0 Å². The lowest BCUT2D eigenvalue weighted by Crippen LogP contribution is -2.25. The molecule has 1 N–H and O–H groups in total. The number of fused-ring (bicyclic) bond motifs is 1. The Kier molecular flexibility index (Phi) is 5.75. The molecule has 0 fully saturated rings. The summed E-state index contributed by atoms with van der Waals surface area (Å²) < 4.78 is 4.98. The molecule has 0 aliphatic heterocycles. The maximum atomic E-state index is 12.2. The van der Waals surface area contributed by atoms with E-state index >= 15 is 0 Å². The van der Waals surface area contributed by atoms with E-state index in [1.807, 2.05) is 26.0 Å². The molecule has 0 spiro atoms. The zero-order chi connectivity index (χ0) is 16.1. The van der Waals surface area contributed by atoms with Crippen molar-refractivity contribution in [3.8, 4) is 0 Å². The van der Waals surface area contributed by atoms with Gasteiger partial charge in [-0.25, -0.2) is 4.98 Å². The maximum absolute atomic E-state index is 12.2. The first-order valence-electron chi connectivity index (χ1n) is 7.37. The molecule has 2 rings (SSSR count). The summed E-state index contributed by atoms with van der Waals surface area (Å²) in [6, 6.07) is 5.89. The number of hydrogen-bond acceptors (Lipinski definition) is 3. The quantitative estimate of drug-likeness (QED) is 0.652. The van der Waals surface area contributed by atoms with E-state index in [4.69, 9.17) is 16.3 Å². The molecule has 4 nitrogen and oxygen atoms in total. The number of carbonyl (C=O) groups excluding carboxylic acids is 1. The minimum atomic E-state index is -0.184. The number of aryl methyl sites for hydroxylation is 2. The summed E-state index contributed by atoms with van der Waals surface area (Å²) in [5.74, 6) is -0.184. The van der Waals surface area contributed by atoms with Crippen molar-refractivity contribution in [2.24, 2.45) is 0 Å². The van der Waals surface area contributed by atoms with E-state index in [1.54, 1.807) is 7.11 Å². The summed E-state index contributed by atoms with van der Waals surface area (Å²) in [6.45, 7) is 5.32. The van der Waals surface area contributed by atoms with Crippen LogP contribution in [0, 0.1) is 13.8 Å². The van der Waals surface area contributed by atoms with Crippen molar-refractivity contribution in [3.63, 3.8) is 0 Å². The van der Waals surface area contributed by atoms with Gasteiger partial charge in [-0.2, -0.15) is 0 Å². The third kappa shape index (κ3) is 3.96. The lowest BCUT2D eigenvalue weighted by atomic mass is 10.1. The summed E-state index contributed by atoms with van der Waals surface area (Å²) in [6.07, 6.45) is 1.79. The zero-order valence-electron chi connectivity index (χ0n) is 13.2. The normalized spacial score (nSPS) is 10.9. The van der Waals surface area contributed by atoms with Crippen LogP contribution >= 0.6 is 11.6 Å². The Hall–Kier alpha value is -1.65. The Bertz CT molecular complexity index is 686. The van der Waals surface area contributed by atoms with Gasteiger partial charge >= 0.3 is 0 Å². The van der Waals surface area contributed by atoms with Crippen molar-refractivity contribution in [2.45, 2.75) is 26.7 Å². The highest BCUT2D eigenvalue weighted by atomic mass is 35.5. The van der Waals surface area contributed by atoms with Gasteiger partial charge < -0.3 is 10.1 Å². The molecule has 1 heterocycles. The SMILES string of the molecule is COCCCCNC(=O)c1cc2cc(C)cc(C)c2nc1Cl.